The van der Waals surface area contributed by atoms with E-state index in [4.69, 9.17) is 14.6 Å². The average molecular weight is 175 g/mol. The van der Waals surface area contributed by atoms with Crippen molar-refractivity contribution in [2.45, 2.75) is 12.5 Å². The third-order valence-electron chi connectivity index (χ3n) is 1.83. The fraction of sp³-hybridized carbons (Fsp3) is 1.00. The lowest BCUT2D eigenvalue weighted by Crippen LogP contribution is -2.19. The lowest BCUT2D eigenvalue weighted by Gasteiger charge is -2.09. The first-order valence-corrected chi connectivity index (χ1v) is 4.44. The second-order valence-electron chi connectivity index (χ2n) is 2.82. The molecule has 12 heavy (non-hydrogen) atoms. The zero-order valence-corrected chi connectivity index (χ0v) is 7.29. The van der Waals surface area contributed by atoms with E-state index in [-0.39, 0.29) is 6.61 Å². The summed E-state index contributed by atoms with van der Waals surface area (Å²) < 4.78 is 10.5. The molecule has 1 aliphatic rings. The number of aliphatic hydroxyl groups is 1. The number of hydrogen-bond acceptors (Lipinski definition) is 4. The maximum absolute atomic E-state index is 8.40. The maximum atomic E-state index is 8.40. The van der Waals surface area contributed by atoms with Crippen LogP contribution in [0.15, 0.2) is 0 Å². The first kappa shape index (κ1) is 9.92. The zero-order valence-electron chi connectivity index (χ0n) is 7.29. The molecule has 72 valence electrons. The van der Waals surface area contributed by atoms with Crippen LogP contribution in [0.25, 0.3) is 0 Å². The molecule has 1 heterocycles. The standard InChI is InChI=1S/C8H17NO3/c10-3-4-11-5-6-12-8-1-2-9-7-8/h8-10H,1-7H2. The van der Waals surface area contributed by atoms with E-state index in [9.17, 15) is 0 Å². The molecule has 2 N–H and O–H groups in total. The van der Waals surface area contributed by atoms with Crippen LogP contribution in [0.3, 0.4) is 0 Å². The summed E-state index contributed by atoms with van der Waals surface area (Å²) in [5.41, 5.74) is 0. The lowest BCUT2D eigenvalue weighted by atomic mass is 10.3. The van der Waals surface area contributed by atoms with Crippen LogP contribution < -0.4 is 5.32 Å². The van der Waals surface area contributed by atoms with Gasteiger partial charge in [-0.1, -0.05) is 0 Å². The highest BCUT2D eigenvalue weighted by Gasteiger charge is 2.13. The van der Waals surface area contributed by atoms with Gasteiger partial charge >= 0.3 is 0 Å². The minimum atomic E-state index is 0.0883. The Morgan fingerprint density at radius 3 is 2.92 bits per heavy atom. The molecule has 1 aliphatic heterocycles. The van der Waals surface area contributed by atoms with Crippen molar-refractivity contribution in [1.82, 2.24) is 5.32 Å². The minimum absolute atomic E-state index is 0.0883. The van der Waals surface area contributed by atoms with Crippen LogP contribution in [0.5, 0.6) is 0 Å². The molecule has 4 nitrogen and oxygen atoms in total. The molecule has 0 spiro atoms. The Labute approximate surface area is 72.9 Å². The number of ether oxygens (including phenoxy) is 2. The fourth-order valence-corrected chi connectivity index (χ4v) is 1.21. The molecular weight excluding hydrogens is 158 g/mol. The van der Waals surface area contributed by atoms with E-state index in [0.717, 1.165) is 19.5 Å². The predicted molar refractivity (Wildman–Crippen MR) is 45.1 cm³/mol. The molecule has 0 bridgehead atoms. The maximum Gasteiger partial charge on any atom is 0.0712 e. The van der Waals surface area contributed by atoms with Gasteiger partial charge in [-0.15, -0.1) is 0 Å². The van der Waals surface area contributed by atoms with E-state index in [1.54, 1.807) is 0 Å². The summed E-state index contributed by atoms with van der Waals surface area (Å²) in [7, 11) is 0. The molecule has 0 saturated carbocycles. The SMILES string of the molecule is OCCOCCOC1CCNC1. The van der Waals surface area contributed by atoms with Crippen LogP contribution in [-0.4, -0.2) is 50.7 Å². The molecule has 0 aliphatic carbocycles. The van der Waals surface area contributed by atoms with Crippen molar-refractivity contribution in [2.75, 3.05) is 39.5 Å². The highest BCUT2D eigenvalue weighted by Crippen LogP contribution is 2.01. The van der Waals surface area contributed by atoms with Gasteiger partial charge in [0.2, 0.25) is 0 Å². The van der Waals surface area contributed by atoms with Crippen LogP contribution in [0.1, 0.15) is 6.42 Å². The van der Waals surface area contributed by atoms with E-state index < -0.39 is 0 Å². The predicted octanol–water partition coefficient (Wildman–Crippen LogP) is -0.626. The van der Waals surface area contributed by atoms with Crippen molar-refractivity contribution < 1.29 is 14.6 Å². The second kappa shape index (κ2) is 6.37. The molecule has 4 heteroatoms. The fourth-order valence-electron chi connectivity index (χ4n) is 1.21. The molecule has 1 saturated heterocycles. The van der Waals surface area contributed by atoms with Gasteiger partial charge in [0.1, 0.15) is 0 Å². The van der Waals surface area contributed by atoms with Gasteiger partial charge in [0.15, 0.2) is 0 Å². The Morgan fingerprint density at radius 2 is 2.25 bits per heavy atom. The summed E-state index contributed by atoms with van der Waals surface area (Å²) in [5.74, 6) is 0. The summed E-state index contributed by atoms with van der Waals surface area (Å²) in [6, 6.07) is 0. The van der Waals surface area contributed by atoms with Crippen molar-refractivity contribution in [1.29, 1.82) is 0 Å². The van der Waals surface area contributed by atoms with Crippen LogP contribution in [0.2, 0.25) is 0 Å². The van der Waals surface area contributed by atoms with Gasteiger partial charge in [0.05, 0.1) is 32.5 Å². The average Bonchev–Trinajstić information content (AvgIpc) is 2.57. The van der Waals surface area contributed by atoms with Gasteiger partial charge in [-0.3, -0.25) is 0 Å². The molecule has 0 radical (unpaired) electrons. The molecule has 1 fully saturated rings. The summed E-state index contributed by atoms with van der Waals surface area (Å²) in [5, 5.41) is 11.6. The molecule has 1 unspecified atom stereocenters. The monoisotopic (exact) mass is 175 g/mol. The topological polar surface area (TPSA) is 50.7 Å². The van der Waals surface area contributed by atoms with Crippen LogP contribution in [0.4, 0.5) is 0 Å². The molecule has 0 aromatic carbocycles. The van der Waals surface area contributed by atoms with Crippen molar-refractivity contribution in [3.63, 3.8) is 0 Å². The van der Waals surface area contributed by atoms with Crippen molar-refractivity contribution in [3.8, 4) is 0 Å². The summed E-state index contributed by atoms with van der Waals surface area (Å²) in [6.07, 6.45) is 1.46. The molecular formula is C8H17NO3. The Kier molecular flexibility index (Phi) is 5.27. The van der Waals surface area contributed by atoms with E-state index in [0.29, 0.717) is 25.9 Å². The number of aliphatic hydroxyl groups excluding tert-OH is 1. The van der Waals surface area contributed by atoms with E-state index in [2.05, 4.69) is 5.32 Å². The first-order chi connectivity index (χ1) is 5.93. The second-order valence-corrected chi connectivity index (χ2v) is 2.82. The third kappa shape index (κ3) is 4.01. The quantitative estimate of drug-likeness (QED) is 0.528. The molecule has 0 amide bonds. The van der Waals surface area contributed by atoms with Gasteiger partial charge in [0.25, 0.3) is 0 Å². The lowest BCUT2D eigenvalue weighted by molar-refractivity contribution is 0.00486. The van der Waals surface area contributed by atoms with E-state index in [1.165, 1.54) is 0 Å². The normalized spacial score (nSPS) is 23.2. The van der Waals surface area contributed by atoms with Crippen molar-refractivity contribution in [2.24, 2.45) is 0 Å². The zero-order chi connectivity index (χ0) is 8.65. The minimum Gasteiger partial charge on any atom is -0.394 e. The van der Waals surface area contributed by atoms with Gasteiger partial charge in [-0.25, -0.2) is 0 Å². The molecule has 1 rings (SSSR count). The van der Waals surface area contributed by atoms with Crippen molar-refractivity contribution >= 4 is 0 Å². The van der Waals surface area contributed by atoms with E-state index >= 15 is 0 Å². The van der Waals surface area contributed by atoms with Gasteiger partial charge in [-0.2, -0.15) is 0 Å². The van der Waals surface area contributed by atoms with E-state index in [1.807, 2.05) is 0 Å². The number of rotatable bonds is 6. The molecule has 0 aromatic heterocycles. The van der Waals surface area contributed by atoms with Gasteiger partial charge in [0, 0.05) is 6.54 Å². The highest BCUT2D eigenvalue weighted by atomic mass is 16.5. The Morgan fingerprint density at radius 1 is 1.33 bits per heavy atom. The Bertz CT molecular complexity index is 104. The van der Waals surface area contributed by atoms with Gasteiger partial charge < -0.3 is 19.9 Å². The summed E-state index contributed by atoms with van der Waals surface area (Å²) in [4.78, 5) is 0. The smallest absolute Gasteiger partial charge is 0.0712 e. The van der Waals surface area contributed by atoms with Gasteiger partial charge in [-0.05, 0) is 13.0 Å². The largest absolute Gasteiger partial charge is 0.394 e. The summed E-state index contributed by atoms with van der Waals surface area (Å²) >= 11 is 0. The summed E-state index contributed by atoms with van der Waals surface area (Å²) in [6.45, 7) is 3.73. The number of nitrogens with one attached hydrogen (secondary N) is 1. The molecule has 1 atom stereocenters. The van der Waals surface area contributed by atoms with Crippen molar-refractivity contribution in [3.05, 3.63) is 0 Å². The third-order valence-corrected chi connectivity index (χ3v) is 1.83. The number of hydrogen-bond donors (Lipinski definition) is 2. The Hall–Kier alpha value is -0.160. The first-order valence-electron chi connectivity index (χ1n) is 4.44. The van der Waals surface area contributed by atoms with Crippen LogP contribution >= 0.6 is 0 Å². The molecule has 0 aromatic rings. The Balaban J connectivity index is 1.81. The van der Waals surface area contributed by atoms with Crippen LogP contribution in [-0.2, 0) is 9.47 Å². The highest BCUT2D eigenvalue weighted by molar-refractivity contribution is 4.70. The van der Waals surface area contributed by atoms with Crippen LogP contribution in [0, 0.1) is 0 Å².